The zero-order valence-corrected chi connectivity index (χ0v) is 13.5. The van der Waals surface area contributed by atoms with Crippen LogP contribution >= 0.6 is 46.4 Å². The van der Waals surface area contributed by atoms with Crippen molar-refractivity contribution in [3.8, 4) is 5.75 Å². The summed E-state index contributed by atoms with van der Waals surface area (Å²) >= 11 is 23.5. The second-order valence-corrected chi connectivity index (χ2v) is 5.64. The Labute approximate surface area is 141 Å². The Balaban J connectivity index is 1.97. The van der Waals surface area contributed by atoms with Gasteiger partial charge in [-0.25, -0.2) is 0 Å². The van der Waals surface area contributed by atoms with E-state index in [1.54, 1.807) is 30.3 Å². The molecule has 0 radical (unpaired) electrons. The van der Waals surface area contributed by atoms with E-state index in [1.807, 2.05) is 0 Å². The van der Waals surface area contributed by atoms with Gasteiger partial charge in [0, 0.05) is 5.02 Å². The van der Waals surface area contributed by atoms with Crippen molar-refractivity contribution in [1.29, 1.82) is 0 Å². The first-order chi connectivity index (χ1) is 9.97. The number of hydrogen-bond acceptors (Lipinski definition) is 2. The molecule has 1 N–H and O–H groups in total. The summed E-state index contributed by atoms with van der Waals surface area (Å²) in [5.74, 6) is -0.0446. The Morgan fingerprint density at radius 1 is 1.05 bits per heavy atom. The third-order valence-electron chi connectivity index (χ3n) is 2.48. The van der Waals surface area contributed by atoms with Crippen LogP contribution in [0.2, 0.25) is 20.1 Å². The lowest BCUT2D eigenvalue weighted by Gasteiger charge is -2.10. The minimum absolute atomic E-state index is 0.223. The highest BCUT2D eigenvalue weighted by Gasteiger charge is 2.10. The molecule has 0 saturated heterocycles. The van der Waals surface area contributed by atoms with E-state index in [1.165, 1.54) is 6.07 Å². The van der Waals surface area contributed by atoms with Crippen LogP contribution < -0.4 is 10.1 Å². The van der Waals surface area contributed by atoms with Gasteiger partial charge in [0.25, 0.3) is 5.91 Å². The summed E-state index contributed by atoms with van der Waals surface area (Å²) in [6, 6.07) is 9.69. The first-order valence-corrected chi connectivity index (χ1v) is 7.30. The van der Waals surface area contributed by atoms with Crippen LogP contribution in [0.5, 0.6) is 5.75 Å². The molecule has 0 heterocycles. The fraction of sp³-hybridized carbons (Fsp3) is 0.0714. The van der Waals surface area contributed by atoms with E-state index >= 15 is 0 Å². The summed E-state index contributed by atoms with van der Waals surface area (Å²) in [5.41, 5.74) is 0.451. The van der Waals surface area contributed by atoms with E-state index in [-0.39, 0.29) is 17.5 Å². The zero-order valence-electron chi connectivity index (χ0n) is 10.5. The topological polar surface area (TPSA) is 38.3 Å². The summed E-state index contributed by atoms with van der Waals surface area (Å²) in [6.07, 6.45) is 0. The van der Waals surface area contributed by atoms with Gasteiger partial charge in [0.1, 0.15) is 10.8 Å². The molecule has 21 heavy (non-hydrogen) atoms. The summed E-state index contributed by atoms with van der Waals surface area (Å²) < 4.78 is 5.32. The lowest BCUT2D eigenvalue weighted by Crippen LogP contribution is -2.20. The van der Waals surface area contributed by atoms with Crippen molar-refractivity contribution >= 4 is 58.0 Å². The number of anilines is 1. The number of hydrogen-bond donors (Lipinski definition) is 1. The molecule has 1 amide bonds. The molecule has 0 aliphatic rings. The lowest BCUT2D eigenvalue weighted by atomic mass is 10.3. The van der Waals surface area contributed by atoms with Crippen LogP contribution in [0.25, 0.3) is 0 Å². The Kier molecular flexibility index (Phi) is 5.59. The van der Waals surface area contributed by atoms with Crippen molar-refractivity contribution in [3.05, 3.63) is 56.5 Å². The molecule has 0 aromatic heterocycles. The van der Waals surface area contributed by atoms with E-state index < -0.39 is 0 Å². The molecule has 3 nitrogen and oxygen atoms in total. The van der Waals surface area contributed by atoms with E-state index in [4.69, 9.17) is 51.1 Å². The molecule has 0 aliphatic carbocycles. The van der Waals surface area contributed by atoms with Gasteiger partial charge in [-0.2, -0.15) is 0 Å². The largest absolute Gasteiger partial charge is 0.482 e. The number of carbonyl (C=O) groups excluding carboxylic acids is 1. The van der Waals surface area contributed by atoms with Gasteiger partial charge >= 0.3 is 0 Å². The Morgan fingerprint density at radius 2 is 1.81 bits per heavy atom. The highest BCUT2D eigenvalue weighted by atomic mass is 35.5. The van der Waals surface area contributed by atoms with Crippen molar-refractivity contribution in [1.82, 2.24) is 0 Å². The second-order valence-electron chi connectivity index (χ2n) is 4.01. The number of amides is 1. The smallest absolute Gasteiger partial charge is 0.262 e. The van der Waals surface area contributed by atoms with Gasteiger partial charge in [0.15, 0.2) is 6.61 Å². The molecule has 0 spiro atoms. The van der Waals surface area contributed by atoms with Crippen LogP contribution in [-0.4, -0.2) is 12.5 Å². The highest BCUT2D eigenvalue weighted by Crippen LogP contribution is 2.31. The Bertz CT molecular complexity index is 676. The van der Waals surface area contributed by atoms with Crippen LogP contribution in [0.4, 0.5) is 5.69 Å². The molecule has 0 unspecified atom stereocenters. The number of rotatable bonds is 4. The lowest BCUT2D eigenvalue weighted by molar-refractivity contribution is -0.118. The third-order valence-corrected chi connectivity index (χ3v) is 3.83. The molecule has 0 atom stereocenters. The number of benzene rings is 2. The minimum Gasteiger partial charge on any atom is -0.482 e. The number of carbonyl (C=O) groups is 1. The number of ether oxygens (including phenoxy) is 1. The zero-order chi connectivity index (χ0) is 15.4. The predicted octanol–water partition coefficient (Wildman–Crippen LogP) is 5.32. The van der Waals surface area contributed by atoms with Crippen molar-refractivity contribution < 1.29 is 9.53 Å². The standard InChI is InChI=1S/C14H9Cl4NO2/c15-8-4-5-11(10(17)6-8)19-13(20)7-21-12-3-1-2-9(16)14(12)18/h1-6H,7H2,(H,19,20). The maximum Gasteiger partial charge on any atom is 0.262 e. The number of halogens is 4. The average molecular weight is 365 g/mol. The Morgan fingerprint density at radius 3 is 2.52 bits per heavy atom. The van der Waals surface area contributed by atoms with E-state index in [2.05, 4.69) is 5.32 Å². The molecule has 0 aliphatic heterocycles. The van der Waals surface area contributed by atoms with Gasteiger partial charge < -0.3 is 10.1 Å². The molecular formula is C14H9Cl4NO2. The van der Waals surface area contributed by atoms with Crippen LogP contribution in [0.3, 0.4) is 0 Å². The van der Waals surface area contributed by atoms with Gasteiger partial charge in [-0.05, 0) is 30.3 Å². The quantitative estimate of drug-likeness (QED) is 0.797. The van der Waals surface area contributed by atoms with Gasteiger partial charge in [0.05, 0.1) is 15.7 Å². The van der Waals surface area contributed by atoms with Gasteiger partial charge in [-0.3, -0.25) is 4.79 Å². The fourth-order valence-corrected chi connectivity index (χ4v) is 2.32. The van der Waals surface area contributed by atoms with Crippen molar-refractivity contribution in [3.63, 3.8) is 0 Å². The van der Waals surface area contributed by atoms with E-state index in [0.717, 1.165) is 0 Å². The molecular weight excluding hydrogens is 356 g/mol. The van der Waals surface area contributed by atoms with Gasteiger partial charge in [-0.1, -0.05) is 52.5 Å². The van der Waals surface area contributed by atoms with Crippen LogP contribution in [0, 0.1) is 0 Å². The first-order valence-electron chi connectivity index (χ1n) is 5.79. The van der Waals surface area contributed by atoms with Crippen molar-refractivity contribution in [2.45, 2.75) is 0 Å². The van der Waals surface area contributed by atoms with E-state index in [0.29, 0.717) is 26.5 Å². The minimum atomic E-state index is -0.379. The monoisotopic (exact) mass is 363 g/mol. The van der Waals surface area contributed by atoms with Crippen LogP contribution in [0.1, 0.15) is 0 Å². The third kappa shape index (κ3) is 4.42. The molecule has 2 rings (SSSR count). The van der Waals surface area contributed by atoms with Crippen LogP contribution in [0.15, 0.2) is 36.4 Å². The summed E-state index contributed by atoms with van der Waals surface area (Å²) in [5, 5.41) is 4.06. The van der Waals surface area contributed by atoms with Crippen molar-refractivity contribution in [2.75, 3.05) is 11.9 Å². The predicted molar refractivity (Wildman–Crippen MR) is 87.0 cm³/mol. The van der Waals surface area contributed by atoms with Crippen molar-refractivity contribution in [2.24, 2.45) is 0 Å². The normalized spacial score (nSPS) is 10.3. The maximum atomic E-state index is 11.8. The second kappa shape index (κ2) is 7.23. The molecule has 2 aromatic carbocycles. The summed E-state index contributed by atoms with van der Waals surface area (Å²) in [4.78, 5) is 11.8. The molecule has 0 saturated carbocycles. The SMILES string of the molecule is O=C(COc1cccc(Cl)c1Cl)Nc1ccc(Cl)cc1Cl. The first kappa shape index (κ1) is 16.2. The fourth-order valence-electron chi connectivity index (χ4n) is 1.52. The maximum absolute atomic E-state index is 11.8. The highest BCUT2D eigenvalue weighted by molar-refractivity contribution is 6.43. The molecule has 0 bridgehead atoms. The summed E-state index contributed by atoms with van der Waals surface area (Å²) in [6.45, 7) is -0.223. The molecule has 0 fully saturated rings. The Hall–Kier alpha value is -1.13. The van der Waals surface area contributed by atoms with E-state index in [9.17, 15) is 4.79 Å². The molecule has 110 valence electrons. The van der Waals surface area contributed by atoms with Gasteiger partial charge in [0.2, 0.25) is 0 Å². The number of nitrogens with one attached hydrogen (secondary N) is 1. The molecule has 7 heteroatoms. The average Bonchev–Trinajstić information content (AvgIpc) is 2.43. The summed E-state index contributed by atoms with van der Waals surface area (Å²) in [7, 11) is 0. The van der Waals surface area contributed by atoms with Crippen LogP contribution in [-0.2, 0) is 4.79 Å². The molecule has 2 aromatic rings. The van der Waals surface area contributed by atoms with Gasteiger partial charge in [-0.15, -0.1) is 0 Å².